The van der Waals surface area contributed by atoms with Crippen molar-refractivity contribution in [2.45, 2.75) is 272 Å². The van der Waals surface area contributed by atoms with Crippen molar-refractivity contribution in [3.8, 4) is 5.75 Å². The van der Waals surface area contributed by atoms with Crippen LogP contribution >= 0.6 is 0 Å². The summed E-state index contributed by atoms with van der Waals surface area (Å²) in [5.74, 6) is -0.341. The van der Waals surface area contributed by atoms with Crippen LogP contribution in [-0.2, 0) is 82.2 Å². The minimum absolute atomic E-state index is 0.165. The molecule has 9 heterocycles. The molecule has 0 aliphatic carbocycles. The number of hydrogen-bond acceptors (Lipinski definition) is 44. The summed E-state index contributed by atoms with van der Waals surface area (Å²) in [5.41, 5.74) is -0.0172. The molecule has 44 nitrogen and oxygen atoms in total. The van der Waals surface area contributed by atoms with Crippen LogP contribution in [-0.4, -0.2) is 444 Å². The molecule has 8 saturated heterocycles. The smallest absolute Gasteiger partial charge is 0.229 e. The Kier molecular flexibility index (Phi) is 29.0. The Bertz CT molecular complexity index is 2920. The Balaban J connectivity index is 0.688. The van der Waals surface area contributed by atoms with Crippen molar-refractivity contribution < 1.29 is 213 Å². The molecule has 106 heavy (non-hydrogen) atoms. The van der Waals surface area contributed by atoms with Crippen LogP contribution in [0.4, 0.5) is 0 Å². The largest absolute Gasteiger partial charge is 0.506 e. The molecule has 27 N–H and O–H groups in total. The maximum Gasteiger partial charge on any atom is 0.229 e. The van der Waals surface area contributed by atoms with Crippen LogP contribution in [0.2, 0.25) is 0 Å². The van der Waals surface area contributed by atoms with E-state index >= 15 is 0 Å². The van der Waals surface area contributed by atoms with Crippen LogP contribution in [0.1, 0.15) is 19.4 Å². The Hall–Kier alpha value is -3.44. The van der Waals surface area contributed by atoms with Gasteiger partial charge in [0.05, 0.1) is 52.9 Å². The van der Waals surface area contributed by atoms with Crippen molar-refractivity contribution in [3.63, 3.8) is 0 Å². The van der Waals surface area contributed by atoms with E-state index in [0.717, 1.165) is 12.7 Å². The molecule has 9 aliphatic rings. The lowest BCUT2D eigenvalue weighted by molar-refractivity contribution is -0.354. The summed E-state index contributed by atoms with van der Waals surface area (Å²) in [6.45, 7) is -2.84. The first-order valence-electron chi connectivity index (χ1n) is 34.1. The zero-order valence-corrected chi connectivity index (χ0v) is 56.9. The maximum absolute atomic E-state index is 11.3. The average molecular weight is 1550 g/mol. The summed E-state index contributed by atoms with van der Waals surface area (Å²) < 4.78 is 95.8. The number of aliphatic hydroxyl groups excluding tert-OH is 26. The Morgan fingerprint density at radius 2 is 0.566 bits per heavy atom. The van der Waals surface area contributed by atoms with Gasteiger partial charge in [0.15, 0.2) is 49.8 Å². The van der Waals surface area contributed by atoms with Crippen LogP contribution in [0.5, 0.6) is 5.75 Å². The lowest BCUT2D eigenvalue weighted by Gasteiger charge is -2.45. The van der Waals surface area contributed by atoms with Gasteiger partial charge >= 0.3 is 0 Å². The van der Waals surface area contributed by atoms with Crippen molar-refractivity contribution >= 4 is 0 Å². The highest BCUT2D eigenvalue weighted by atomic mass is 16.8. The van der Waals surface area contributed by atoms with E-state index in [9.17, 15) is 133 Å². The van der Waals surface area contributed by atoms with E-state index in [-0.39, 0.29) is 23.4 Å². The van der Waals surface area contributed by atoms with Crippen molar-refractivity contribution in [2.24, 2.45) is 5.41 Å². The van der Waals surface area contributed by atoms with Crippen molar-refractivity contribution in [1.29, 1.82) is 0 Å². The zero-order valence-electron chi connectivity index (χ0n) is 56.9. The van der Waals surface area contributed by atoms with E-state index in [1.807, 2.05) is 0 Å². The lowest BCUT2D eigenvalue weighted by Crippen LogP contribution is -2.64. The molecule has 8 fully saturated rings. The molecule has 0 aromatic heterocycles. The molecular weight excluding hydrogens is 1450 g/mol. The quantitative estimate of drug-likeness (QED) is 0.0389. The average Bonchev–Trinajstić information content (AvgIpc) is 1.48. The third-order valence-electron chi connectivity index (χ3n) is 20.4. The van der Waals surface area contributed by atoms with Gasteiger partial charge in [-0.05, 0) is 24.1 Å². The number of ether oxygens (including phenoxy) is 17. The van der Waals surface area contributed by atoms with Crippen molar-refractivity contribution in [1.82, 2.24) is 5.32 Å². The molecule has 10 rings (SSSR count). The SMILES string of the molecule is COC1C(O)C(COC2OC(COC3OC(COC4OC(COC5OC(COC6OC(COC7OC(CO)C(O)C(O)C7O)C(O)C(O)C6O)C(O)C(O)C5O)C(O)C(O)C4O)C(O)C(O)C3O)C(O)C(O)C2O)OC(OCC2OC(Oc3ccc(CC4NC(O)=C(O)C4(C)C)cc3)C(O)C(O)C2O)C1O. The fraction of sp³-hybridized carbons (Fsp3) is 0.871. The molecule has 9 aliphatic heterocycles. The van der Waals surface area contributed by atoms with Gasteiger partial charge in [0.1, 0.15) is 201 Å². The summed E-state index contributed by atoms with van der Waals surface area (Å²) in [7, 11) is 1.13. The minimum atomic E-state index is -2.09. The summed E-state index contributed by atoms with van der Waals surface area (Å²) in [6.07, 6.45) is -73.1. The summed E-state index contributed by atoms with van der Waals surface area (Å²) in [4.78, 5) is 0. The zero-order chi connectivity index (χ0) is 77.4. The van der Waals surface area contributed by atoms with E-state index in [1.165, 1.54) is 12.1 Å². The molecule has 1 aromatic rings. The topological polar surface area (TPSA) is 695 Å². The molecule has 0 bridgehead atoms. The van der Waals surface area contributed by atoms with Gasteiger partial charge in [0.2, 0.25) is 12.2 Å². The summed E-state index contributed by atoms with van der Waals surface area (Å²) in [5, 5.41) is 281. The summed E-state index contributed by atoms with van der Waals surface area (Å²) >= 11 is 0. The second kappa shape index (κ2) is 36.1. The fourth-order valence-electron chi connectivity index (χ4n) is 13.4. The first-order chi connectivity index (χ1) is 50.1. The minimum Gasteiger partial charge on any atom is -0.506 e. The highest BCUT2D eigenvalue weighted by Gasteiger charge is 2.55. The lowest BCUT2D eigenvalue weighted by atomic mass is 9.82. The number of methoxy groups -OCH3 is 1. The predicted molar refractivity (Wildman–Crippen MR) is 331 cm³/mol. The Morgan fingerprint density at radius 3 is 0.830 bits per heavy atom. The van der Waals surface area contributed by atoms with E-state index < -0.39 is 304 Å². The van der Waals surface area contributed by atoms with Gasteiger partial charge < -0.3 is 219 Å². The van der Waals surface area contributed by atoms with Crippen LogP contribution in [0, 0.1) is 5.41 Å². The molecule has 44 heteroatoms. The van der Waals surface area contributed by atoms with Gasteiger partial charge in [-0.2, -0.15) is 0 Å². The number of hydrogen-bond donors (Lipinski definition) is 27. The van der Waals surface area contributed by atoms with Gasteiger partial charge in [0.25, 0.3) is 0 Å². The number of rotatable bonds is 27. The Morgan fingerprint density at radius 1 is 0.321 bits per heavy atom. The molecule has 0 spiro atoms. The molecule has 41 atom stereocenters. The number of aliphatic hydroxyl groups is 26. The number of benzene rings is 1. The van der Waals surface area contributed by atoms with E-state index in [0.29, 0.717) is 6.42 Å². The van der Waals surface area contributed by atoms with Crippen molar-refractivity contribution in [3.05, 3.63) is 41.5 Å². The van der Waals surface area contributed by atoms with Gasteiger partial charge in [-0.15, -0.1) is 0 Å². The van der Waals surface area contributed by atoms with Gasteiger partial charge in [0, 0.05) is 18.6 Å². The molecule has 0 saturated carbocycles. The van der Waals surface area contributed by atoms with Gasteiger partial charge in [-0.3, -0.25) is 0 Å². The number of nitrogens with one attached hydrogen (secondary N) is 1. The first-order valence-corrected chi connectivity index (χ1v) is 34.1. The molecule has 0 amide bonds. The van der Waals surface area contributed by atoms with E-state index in [1.54, 1.807) is 26.0 Å². The Labute approximate surface area is 601 Å². The van der Waals surface area contributed by atoms with Crippen LogP contribution in [0.3, 0.4) is 0 Å². The van der Waals surface area contributed by atoms with Crippen LogP contribution in [0.15, 0.2) is 35.9 Å². The maximum atomic E-state index is 11.3. The van der Waals surface area contributed by atoms with Crippen molar-refractivity contribution in [2.75, 3.05) is 60.0 Å². The van der Waals surface area contributed by atoms with Gasteiger partial charge in [-0.1, -0.05) is 26.0 Å². The van der Waals surface area contributed by atoms with Gasteiger partial charge in [-0.25, -0.2) is 0 Å². The first kappa shape index (κ1) is 85.0. The molecular formula is C62H99NO43. The van der Waals surface area contributed by atoms with E-state index in [2.05, 4.69) is 5.32 Å². The predicted octanol–water partition coefficient (Wildman–Crippen LogP) is -14.9. The van der Waals surface area contributed by atoms with Crippen LogP contribution < -0.4 is 10.1 Å². The molecule has 41 unspecified atom stereocenters. The standard InChI is InChI=1S/C62H99NO43/c1-62(2)27(63-53(89)52(62)88)8-17-4-6-18(7-5-17)98-61-49(86)42(79)34(71)25(106-61)15-97-60-50(87)51(90-3)35(72)26(105-60)16-96-59-48(85)41(78)33(70)24(104-59)14-95-58-47(84)40(77)32(69)23(103-58)13-94-57-46(83)39(76)31(68)22(102-57)12-93-56-45(82)38(75)30(67)21(101-56)11-92-55-44(81)37(74)29(66)20(100-55)10-91-54-43(80)36(73)28(65)19(9-64)99-54/h4-7,19-51,54-61,63-89H,8-16H2,1-3H3. The fourth-order valence-corrected chi connectivity index (χ4v) is 13.4. The monoisotopic (exact) mass is 1550 g/mol. The highest BCUT2D eigenvalue weighted by molar-refractivity contribution is 5.30. The second-order valence-electron chi connectivity index (χ2n) is 27.9. The second-order valence-corrected chi connectivity index (χ2v) is 27.9. The normalized spacial score (nSPS) is 48.8. The van der Waals surface area contributed by atoms with E-state index in [4.69, 9.17) is 80.5 Å². The molecule has 0 radical (unpaired) electrons. The summed E-state index contributed by atoms with van der Waals surface area (Å²) in [6, 6.07) is 6.08. The highest BCUT2D eigenvalue weighted by Crippen LogP contribution is 2.39. The molecule has 610 valence electrons. The third kappa shape index (κ3) is 18.3. The third-order valence-corrected chi connectivity index (χ3v) is 20.4. The molecule has 1 aromatic carbocycles. The van der Waals surface area contributed by atoms with Crippen LogP contribution in [0.25, 0.3) is 0 Å².